The summed E-state index contributed by atoms with van der Waals surface area (Å²) in [6.07, 6.45) is 3.19. The molecule has 1 N–H and O–H groups in total. The van der Waals surface area contributed by atoms with Gasteiger partial charge in [0.15, 0.2) is 0 Å². The number of carbonyl (C=O) groups is 1. The van der Waals surface area contributed by atoms with Crippen LogP contribution in [0.2, 0.25) is 0 Å². The van der Waals surface area contributed by atoms with Crippen molar-refractivity contribution in [2.45, 2.75) is 19.3 Å². The summed E-state index contributed by atoms with van der Waals surface area (Å²) in [6.45, 7) is 4.86. The SMILES string of the molecule is CS(=O)(=O)N1CCC(C(=O)NCCc2ccc(N3CCOCC3)cc2)CC1. The molecular weight excluding hydrogens is 366 g/mol. The fraction of sp³-hybridized carbons (Fsp3) is 0.632. The molecule has 0 unspecified atom stereocenters. The molecule has 0 aliphatic carbocycles. The van der Waals surface area contributed by atoms with E-state index in [2.05, 4.69) is 34.5 Å². The Bertz CT molecular complexity index is 722. The van der Waals surface area contributed by atoms with Gasteiger partial charge in [-0.3, -0.25) is 4.79 Å². The van der Waals surface area contributed by atoms with E-state index >= 15 is 0 Å². The standard InChI is InChI=1S/C19H29N3O4S/c1-27(24,25)22-10-7-17(8-11-22)19(23)20-9-6-16-2-4-18(5-3-16)21-12-14-26-15-13-21/h2-5,17H,6-15H2,1H3,(H,20,23). The molecule has 0 radical (unpaired) electrons. The highest BCUT2D eigenvalue weighted by molar-refractivity contribution is 7.88. The molecule has 1 amide bonds. The van der Waals surface area contributed by atoms with E-state index in [1.54, 1.807) is 0 Å². The van der Waals surface area contributed by atoms with Gasteiger partial charge in [-0.25, -0.2) is 12.7 Å². The van der Waals surface area contributed by atoms with Gasteiger partial charge in [0.1, 0.15) is 0 Å². The maximum absolute atomic E-state index is 12.3. The number of anilines is 1. The first-order chi connectivity index (χ1) is 12.9. The van der Waals surface area contributed by atoms with Crippen LogP contribution in [0.3, 0.4) is 0 Å². The van der Waals surface area contributed by atoms with Gasteiger partial charge in [-0.05, 0) is 37.0 Å². The number of hydrogen-bond acceptors (Lipinski definition) is 5. The summed E-state index contributed by atoms with van der Waals surface area (Å²) < 4.78 is 29.9. The smallest absolute Gasteiger partial charge is 0.223 e. The first kappa shape index (κ1) is 20.1. The summed E-state index contributed by atoms with van der Waals surface area (Å²) >= 11 is 0. The zero-order valence-corrected chi connectivity index (χ0v) is 16.7. The molecule has 2 heterocycles. The molecule has 0 aromatic heterocycles. The van der Waals surface area contributed by atoms with Crippen LogP contribution in [-0.4, -0.2) is 70.8 Å². The van der Waals surface area contributed by atoms with Gasteiger partial charge in [-0.2, -0.15) is 0 Å². The summed E-state index contributed by atoms with van der Waals surface area (Å²) in [5.41, 5.74) is 2.41. The van der Waals surface area contributed by atoms with Crippen LogP contribution in [0.15, 0.2) is 24.3 Å². The van der Waals surface area contributed by atoms with Crippen molar-refractivity contribution in [2.75, 3.05) is 57.1 Å². The molecule has 2 aliphatic heterocycles. The van der Waals surface area contributed by atoms with Crippen LogP contribution in [0.25, 0.3) is 0 Å². The van der Waals surface area contributed by atoms with Gasteiger partial charge >= 0.3 is 0 Å². The number of rotatable bonds is 6. The molecule has 7 nitrogen and oxygen atoms in total. The molecule has 3 rings (SSSR count). The van der Waals surface area contributed by atoms with E-state index < -0.39 is 10.0 Å². The minimum atomic E-state index is -3.15. The molecule has 1 aromatic rings. The number of benzene rings is 1. The van der Waals surface area contributed by atoms with Gasteiger partial charge in [0.25, 0.3) is 0 Å². The lowest BCUT2D eigenvalue weighted by Gasteiger charge is -2.29. The third kappa shape index (κ3) is 5.67. The molecule has 150 valence electrons. The molecular formula is C19H29N3O4S. The predicted octanol–water partition coefficient (Wildman–Crippen LogP) is 0.854. The van der Waals surface area contributed by atoms with Gasteiger partial charge in [-0.1, -0.05) is 12.1 Å². The number of amides is 1. The van der Waals surface area contributed by atoms with Crippen LogP contribution < -0.4 is 10.2 Å². The largest absolute Gasteiger partial charge is 0.378 e. The lowest BCUT2D eigenvalue weighted by atomic mass is 9.97. The van der Waals surface area contributed by atoms with Crippen molar-refractivity contribution in [3.63, 3.8) is 0 Å². The van der Waals surface area contributed by atoms with Crippen molar-refractivity contribution in [1.82, 2.24) is 9.62 Å². The van der Waals surface area contributed by atoms with Crippen molar-refractivity contribution < 1.29 is 17.9 Å². The molecule has 0 atom stereocenters. The Morgan fingerprint density at radius 1 is 1.11 bits per heavy atom. The highest BCUT2D eigenvalue weighted by Crippen LogP contribution is 2.19. The van der Waals surface area contributed by atoms with Crippen molar-refractivity contribution >= 4 is 21.6 Å². The molecule has 0 saturated carbocycles. The van der Waals surface area contributed by atoms with Crippen molar-refractivity contribution in [1.29, 1.82) is 0 Å². The van der Waals surface area contributed by atoms with Crippen molar-refractivity contribution in [3.8, 4) is 0 Å². The second-order valence-corrected chi connectivity index (χ2v) is 9.23. The highest BCUT2D eigenvalue weighted by Gasteiger charge is 2.28. The highest BCUT2D eigenvalue weighted by atomic mass is 32.2. The van der Waals surface area contributed by atoms with Crippen LogP contribution >= 0.6 is 0 Å². The van der Waals surface area contributed by atoms with Gasteiger partial charge in [0, 0.05) is 44.3 Å². The predicted molar refractivity (Wildman–Crippen MR) is 105 cm³/mol. The Hall–Kier alpha value is -1.64. The Balaban J connectivity index is 1.40. The number of carbonyl (C=O) groups excluding carboxylic acids is 1. The van der Waals surface area contributed by atoms with Crippen LogP contribution in [0.5, 0.6) is 0 Å². The van der Waals surface area contributed by atoms with Gasteiger partial charge < -0.3 is 15.0 Å². The fourth-order valence-corrected chi connectivity index (χ4v) is 4.49. The first-order valence-electron chi connectivity index (χ1n) is 9.58. The number of ether oxygens (including phenoxy) is 1. The van der Waals surface area contributed by atoms with E-state index in [-0.39, 0.29) is 11.8 Å². The molecule has 8 heteroatoms. The normalized spacial score (nSPS) is 19.8. The number of nitrogens with one attached hydrogen (secondary N) is 1. The number of sulfonamides is 1. The quantitative estimate of drug-likeness (QED) is 0.773. The second-order valence-electron chi connectivity index (χ2n) is 7.24. The van der Waals surface area contributed by atoms with Crippen LogP contribution in [0.1, 0.15) is 18.4 Å². The zero-order chi connectivity index (χ0) is 19.3. The lowest BCUT2D eigenvalue weighted by Crippen LogP contribution is -2.42. The van der Waals surface area contributed by atoms with Gasteiger partial charge in [0.05, 0.1) is 19.5 Å². The third-order valence-corrected chi connectivity index (χ3v) is 6.62. The Labute approximate surface area is 161 Å². The Morgan fingerprint density at radius 3 is 2.33 bits per heavy atom. The molecule has 2 fully saturated rings. The van der Waals surface area contributed by atoms with Crippen LogP contribution in [0, 0.1) is 5.92 Å². The first-order valence-corrected chi connectivity index (χ1v) is 11.4. The maximum atomic E-state index is 12.3. The van der Waals surface area contributed by atoms with E-state index in [9.17, 15) is 13.2 Å². The maximum Gasteiger partial charge on any atom is 0.223 e. The molecule has 2 aliphatic rings. The number of morpholine rings is 1. The summed E-state index contributed by atoms with van der Waals surface area (Å²) in [6, 6.07) is 8.48. The van der Waals surface area contributed by atoms with Crippen molar-refractivity contribution in [3.05, 3.63) is 29.8 Å². The molecule has 0 bridgehead atoms. The number of hydrogen-bond donors (Lipinski definition) is 1. The molecule has 0 spiro atoms. The average molecular weight is 396 g/mol. The zero-order valence-electron chi connectivity index (χ0n) is 15.9. The number of piperidine rings is 1. The number of nitrogens with zero attached hydrogens (tertiary/aromatic N) is 2. The lowest BCUT2D eigenvalue weighted by molar-refractivity contribution is -0.126. The summed E-state index contributed by atoms with van der Waals surface area (Å²) in [4.78, 5) is 14.6. The van der Waals surface area contributed by atoms with E-state index in [4.69, 9.17) is 4.74 Å². The molecule has 1 aromatic carbocycles. The minimum Gasteiger partial charge on any atom is -0.378 e. The van der Waals surface area contributed by atoms with E-state index in [0.717, 1.165) is 32.7 Å². The summed E-state index contributed by atoms with van der Waals surface area (Å²) in [5.74, 6) is -0.0558. The topological polar surface area (TPSA) is 79.0 Å². The van der Waals surface area contributed by atoms with Gasteiger partial charge in [-0.15, -0.1) is 0 Å². The third-order valence-electron chi connectivity index (χ3n) is 5.32. The fourth-order valence-electron chi connectivity index (χ4n) is 3.62. The minimum absolute atomic E-state index is 0.0353. The van der Waals surface area contributed by atoms with Gasteiger partial charge in [0.2, 0.25) is 15.9 Å². The second kappa shape index (κ2) is 9.03. The van der Waals surface area contributed by atoms with E-state index in [1.165, 1.54) is 21.8 Å². The average Bonchev–Trinajstić information content (AvgIpc) is 2.68. The molecule has 2 saturated heterocycles. The summed E-state index contributed by atoms with van der Waals surface area (Å²) in [5, 5.41) is 3.00. The van der Waals surface area contributed by atoms with E-state index in [1.807, 2.05) is 0 Å². The van der Waals surface area contributed by atoms with Crippen molar-refractivity contribution in [2.24, 2.45) is 5.92 Å². The van der Waals surface area contributed by atoms with E-state index in [0.29, 0.717) is 32.5 Å². The molecule has 27 heavy (non-hydrogen) atoms. The van der Waals surface area contributed by atoms with Crippen LogP contribution in [0.4, 0.5) is 5.69 Å². The monoisotopic (exact) mass is 395 g/mol. The Morgan fingerprint density at radius 2 is 1.74 bits per heavy atom. The Kier molecular flexibility index (Phi) is 6.73. The summed E-state index contributed by atoms with van der Waals surface area (Å²) in [7, 11) is -3.15. The van der Waals surface area contributed by atoms with Crippen LogP contribution in [-0.2, 0) is 26.0 Å².